The molecule has 3 rings (SSSR count). The molecule has 0 spiro atoms. The minimum absolute atomic E-state index is 0.357. The van der Waals surface area contributed by atoms with Gasteiger partial charge in [0.1, 0.15) is 0 Å². The van der Waals surface area contributed by atoms with Crippen molar-refractivity contribution in [1.82, 2.24) is 15.6 Å². The molecule has 0 aromatic heterocycles. The molecule has 0 aromatic carbocycles. The molecule has 16 heavy (non-hydrogen) atoms. The highest BCUT2D eigenvalue weighted by Gasteiger charge is 2.34. The number of hydrazine groups is 1. The van der Waals surface area contributed by atoms with E-state index < -0.39 is 0 Å². The number of rotatable bonds is 2. The summed E-state index contributed by atoms with van der Waals surface area (Å²) in [5.41, 5.74) is 2.66. The van der Waals surface area contributed by atoms with E-state index in [9.17, 15) is 0 Å². The lowest BCUT2D eigenvalue weighted by Crippen LogP contribution is -2.52. The summed E-state index contributed by atoms with van der Waals surface area (Å²) >= 11 is 0. The third-order valence-electron chi connectivity index (χ3n) is 3.48. The van der Waals surface area contributed by atoms with Crippen molar-refractivity contribution < 1.29 is 0 Å². The van der Waals surface area contributed by atoms with Crippen molar-refractivity contribution in [3.63, 3.8) is 0 Å². The Bertz CT molecular complexity index is 255. The van der Waals surface area contributed by atoms with Gasteiger partial charge in [-0.25, -0.2) is 10.8 Å². The van der Waals surface area contributed by atoms with Crippen molar-refractivity contribution in [3.8, 4) is 0 Å². The normalized spacial score (nSPS) is 34.2. The third kappa shape index (κ3) is 2.65. The first-order chi connectivity index (χ1) is 7.69. The minimum Gasteiger partial charge on any atom is -0.353 e. The fourth-order valence-electron chi connectivity index (χ4n) is 2.64. The van der Waals surface area contributed by atoms with Gasteiger partial charge >= 0.3 is 0 Å². The standard InChI is InChI=1S/C11H23N5/c1-8(2)13-11(15-12)14-10-7-16-5-3-9(10)4-6-16/h8-10H,3-7,12H2,1-2H3,(H2,13,14,15). The Morgan fingerprint density at radius 1 is 1.38 bits per heavy atom. The number of nitrogens with one attached hydrogen (secondary N) is 2. The number of aliphatic imine (C=N–C) groups is 1. The van der Waals surface area contributed by atoms with Gasteiger partial charge in [0.05, 0.1) is 6.04 Å². The van der Waals surface area contributed by atoms with Crippen molar-refractivity contribution in [2.75, 3.05) is 19.6 Å². The fourth-order valence-corrected chi connectivity index (χ4v) is 2.64. The molecule has 3 aliphatic rings. The van der Waals surface area contributed by atoms with Crippen LogP contribution in [-0.4, -0.2) is 42.6 Å². The Balaban J connectivity index is 1.98. The summed E-state index contributed by atoms with van der Waals surface area (Å²) in [6, 6.07) is 0.774. The molecule has 0 radical (unpaired) electrons. The van der Waals surface area contributed by atoms with Crippen LogP contribution >= 0.6 is 0 Å². The van der Waals surface area contributed by atoms with Gasteiger partial charge < -0.3 is 10.2 Å². The number of piperidine rings is 3. The van der Waals surface area contributed by atoms with E-state index in [4.69, 9.17) is 10.8 Å². The molecule has 0 amide bonds. The highest BCUT2D eigenvalue weighted by molar-refractivity contribution is 5.79. The Morgan fingerprint density at radius 2 is 2.06 bits per heavy atom. The second kappa shape index (κ2) is 5.01. The lowest BCUT2D eigenvalue weighted by Gasteiger charge is -2.43. The third-order valence-corrected chi connectivity index (χ3v) is 3.48. The molecule has 3 heterocycles. The van der Waals surface area contributed by atoms with E-state index >= 15 is 0 Å². The fraction of sp³-hybridized carbons (Fsp3) is 0.909. The maximum atomic E-state index is 5.48. The van der Waals surface area contributed by atoms with Crippen LogP contribution in [-0.2, 0) is 0 Å². The highest BCUT2D eigenvalue weighted by Crippen LogP contribution is 2.29. The molecule has 3 fully saturated rings. The van der Waals surface area contributed by atoms with Crippen LogP contribution in [0.5, 0.6) is 0 Å². The van der Waals surface area contributed by atoms with Crippen LogP contribution < -0.4 is 16.6 Å². The average Bonchev–Trinajstić information content (AvgIpc) is 2.29. The molecule has 3 saturated heterocycles. The Morgan fingerprint density at radius 3 is 2.50 bits per heavy atom. The van der Waals surface area contributed by atoms with Crippen molar-refractivity contribution in [2.24, 2.45) is 16.8 Å². The van der Waals surface area contributed by atoms with E-state index in [2.05, 4.69) is 29.5 Å². The molecule has 0 aliphatic carbocycles. The predicted octanol–water partition coefficient (Wildman–Crippen LogP) is -0.102. The van der Waals surface area contributed by atoms with Crippen LogP contribution in [0.15, 0.2) is 4.99 Å². The van der Waals surface area contributed by atoms with E-state index in [0.29, 0.717) is 12.1 Å². The van der Waals surface area contributed by atoms with Crippen LogP contribution in [0.25, 0.3) is 0 Å². The number of nitrogens with zero attached hydrogens (tertiary/aromatic N) is 2. The van der Waals surface area contributed by atoms with Gasteiger partial charge in [0.25, 0.3) is 0 Å². The SMILES string of the molecule is CC(C)NC(=NC1CN2CCC1CC2)NN. The van der Waals surface area contributed by atoms with Crippen LogP contribution in [0, 0.1) is 5.92 Å². The molecule has 5 nitrogen and oxygen atoms in total. The first-order valence-corrected chi connectivity index (χ1v) is 6.22. The van der Waals surface area contributed by atoms with Crippen molar-refractivity contribution in [1.29, 1.82) is 0 Å². The molecule has 2 bridgehead atoms. The van der Waals surface area contributed by atoms with Crippen LogP contribution in [0.2, 0.25) is 0 Å². The molecule has 0 aromatic rings. The minimum atomic E-state index is 0.357. The first-order valence-electron chi connectivity index (χ1n) is 6.22. The van der Waals surface area contributed by atoms with Crippen molar-refractivity contribution in [3.05, 3.63) is 0 Å². The molecule has 92 valence electrons. The van der Waals surface area contributed by atoms with E-state index in [-0.39, 0.29) is 0 Å². The van der Waals surface area contributed by atoms with Gasteiger partial charge in [0, 0.05) is 12.6 Å². The first kappa shape index (κ1) is 11.7. The predicted molar refractivity (Wildman–Crippen MR) is 66.0 cm³/mol. The van der Waals surface area contributed by atoms with Gasteiger partial charge in [0.2, 0.25) is 5.96 Å². The van der Waals surface area contributed by atoms with Gasteiger partial charge in [-0.3, -0.25) is 5.43 Å². The Kier molecular flexibility index (Phi) is 3.66. The van der Waals surface area contributed by atoms with Gasteiger partial charge in [-0.2, -0.15) is 0 Å². The summed E-state index contributed by atoms with van der Waals surface area (Å²) in [5.74, 6) is 6.96. The summed E-state index contributed by atoms with van der Waals surface area (Å²) in [5, 5.41) is 3.23. The molecule has 1 unspecified atom stereocenters. The Hall–Kier alpha value is -0.810. The number of guanidine groups is 1. The topological polar surface area (TPSA) is 65.7 Å². The molecular weight excluding hydrogens is 202 g/mol. The number of fused-ring (bicyclic) bond motifs is 3. The number of nitrogens with two attached hydrogens (primary N) is 1. The van der Waals surface area contributed by atoms with Gasteiger partial charge in [0.15, 0.2) is 0 Å². The largest absolute Gasteiger partial charge is 0.353 e. The molecular formula is C11H23N5. The maximum Gasteiger partial charge on any atom is 0.206 e. The van der Waals surface area contributed by atoms with Gasteiger partial charge in [-0.1, -0.05) is 0 Å². The van der Waals surface area contributed by atoms with E-state index in [1.165, 1.54) is 25.9 Å². The zero-order valence-corrected chi connectivity index (χ0v) is 10.2. The lowest BCUT2D eigenvalue weighted by molar-refractivity contribution is 0.0903. The molecule has 1 atom stereocenters. The zero-order valence-electron chi connectivity index (χ0n) is 10.2. The van der Waals surface area contributed by atoms with E-state index in [0.717, 1.165) is 18.4 Å². The lowest BCUT2D eigenvalue weighted by atomic mass is 9.84. The smallest absolute Gasteiger partial charge is 0.206 e. The van der Waals surface area contributed by atoms with Crippen LogP contribution in [0.1, 0.15) is 26.7 Å². The van der Waals surface area contributed by atoms with Crippen LogP contribution in [0.3, 0.4) is 0 Å². The Labute approximate surface area is 97.4 Å². The zero-order chi connectivity index (χ0) is 11.5. The van der Waals surface area contributed by atoms with Crippen molar-refractivity contribution in [2.45, 2.75) is 38.8 Å². The monoisotopic (exact) mass is 225 g/mol. The summed E-state index contributed by atoms with van der Waals surface area (Å²) in [6.07, 6.45) is 2.57. The molecule has 5 heteroatoms. The van der Waals surface area contributed by atoms with Gasteiger partial charge in [-0.15, -0.1) is 0 Å². The molecule has 4 N–H and O–H groups in total. The maximum absolute atomic E-state index is 5.48. The average molecular weight is 225 g/mol. The molecule has 3 aliphatic heterocycles. The number of hydrogen-bond acceptors (Lipinski definition) is 3. The van der Waals surface area contributed by atoms with Crippen LogP contribution in [0.4, 0.5) is 0 Å². The second-order valence-electron chi connectivity index (χ2n) is 5.13. The summed E-state index contributed by atoms with van der Waals surface area (Å²) in [7, 11) is 0. The van der Waals surface area contributed by atoms with Gasteiger partial charge in [-0.05, 0) is 45.7 Å². The summed E-state index contributed by atoms with van der Waals surface area (Å²) in [6.45, 7) is 7.77. The highest BCUT2D eigenvalue weighted by atomic mass is 15.3. The quantitative estimate of drug-likeness (QED) is 0.266. The van der Waals surface area contributed by atoms with Crippen molar-refractivity contribution >= 4 is 5.96 Å². The number of hydrogen-bond donors (Lipinski definition) is 3. The summed E-state index contributed by atoms with van der Waals surface area (Å²) in [4.78, 5) is 7.20. The van der Waals surface area contributed by atoms with E-state index in [1.807, 2.05) is 0 Å². The van der Waals surface area contributed by atoms with E-state index in [1.54, 1.807) is 0 Å². The summed E-state index contributed by atoms with van der Waals surface area (Å²) < 4.78 is 0. The second-order valence-corrected chi connectivity index (χ2v) is 5.13. The molecule has 0 saturated carbocycles.